The van der Waals surface area contributed by atoms with Crippen LogP contribution >= 0.6 is 0 Å². The molecule has 108 valence electrons. The fourth-order valence-corrected chi connectivity index (χ4v) is 6.03. The number of ether oxygens (including phenoxy) is 1. The van der Waals surface area contributed by atoms with Crippen LogP contribution in [-0.2, 0) is 4.74 Å². The van der Waals surface area contributed by atoms with Crippen LogP contribution in [-0.4, -0.2) is 26.6 Å². The molecule has 3 heteroatoms. The van der Waals surface area contributed by atoms with Crippen LogP contribution in [0.2, 0.25) is 6.04 Å². The molecule has 0 aliphatic heterocycles. The molecular formula is C16H29NOSi. The Labute approximate surface area is 119 Å². The zero-order valence-corrected chi connectivity index (χ0v) is 13.7. The Morgan fingerprint density at radius 3 is 2.74 bits per heavy atom. The van der Waals surface area contributed by atoms with Gasteiger partial charge in [-0.1, -0.05) is 39.2 Å². The predicted octanol–water partition coefficient (Wildman–Crippen LogP) is 3.24. The molecule has 19 heavy (non-hydrogen) atoms. The number of hydrogen-bond acceptors (Lipinski definition) is 1. The van der Waals surface area contributed by atoms with E-state index in [4.69, 9.17) is 4.74 Å². The third kappa shape index (κ3) is 5.15. The standard InChI is InChI=1S/C16H29NOSi/c1-14(2)12-19(16-9-6-10-17-16)13-18-11-15-7-4-3-5-8-15/h6,9-10,14-15,17,19H,3-5,7-8,11-13H2,1-2H3. The molecule has 0 saturated heterocycles. The molecule has 0 radical (unpaired) electrons. The van der Waals surface area contributed by atoms with Gasteiger partial charge in [-0.15, -0.1) is 0 Å². The number of hydrogen-bond donors (Lipinski definition) is 1. The number of H-pyrrole nitrogens is 1. The van der Waals surface area contributed by atoms with Gasteiger partial charge in [0.05, 0.1) is 0 Å². The summed E-state index contributed by atoms with van der Waals surface area (Å²) in [6, 6.07) is 5.71. The summed E-state index contributed by atoms with van der Waals surface area (Å²) in [5.41, 5.74) is 0. The molecule has 0 aromatic carbocycles. The average molecular weight is 279 g/mol. The smallest absolute Gasteiger partial charge is 0.121 e. The molecular weight excluding hydrogens is 250 g/mol. The lowest BCUT2D eigenvalue weighted by Gasteiger charge is -2.23. The van der Waals surface area contributed by atoms with Gasteiger partial charge in [0.15, 0.2) is 0 Å². The summed E-state index contributed by atoms with van der Waals surface area (Å²) in [5.74, 6) is 1.62. The van der Waals surface area contributed by atoms with Gasteiger partial charge in [-0.25, -0.2) is 0 Å². The summed E-state index contributed by atoms with van der Waals surface area (Å²) >= 11 is 0. The van der Waals surface area contributed by atoms with Crippen molar-refractivity contribution in [3.63, 3.8) is 0 Å². The lowest BCUT2D eigenvalue weighted by Crippen LogP contribution is -2.38. The summed E-state index contributed by atoms with van der Waals surface area (Å²) in [4.78, 5) is 3.41. The highest BCUT2D eigenvalue weighted by molar-refractivity contribution is 6.72. The molecule has 1 aromatic heterocycles. The van der Waals surface area contributed by atoms with Crippen LogP contribution in [0.5, 0.6) is 0 Å². The highest BCUT2D eigenvalue weighted by atomic mass is 28.3. The molecule has 2 rings (SSSR count). The molecule has 1 aromatic rings. The first-order valence-corrected chi connectivity index (χ1v) is 10.2. The van der Waals surface area contributed by atoms with Crippen molar-refractivity contribution in [1.29, 1.82) is 0 Å². The van der Waals surface area contributed by atoms with Crippen LogP contribution in [0.1, 0.15) is 46.0 Å². The minimum absolute atomic E-state index is 0.776. The number of aromatic nitrogens is 1. The lowest BCUT2D eigenvalue weighted by molar-refractivity contribution is 0.115. The van der Waals surface area contributed by atoms with E-state index in [2.05, 4.69) is 37.2 Å². The monoisotopic (exact) mass is 279 g/mol. The van der Waals surface area contributed by atoms with E-state index in [1.54, 1.807) is 0 Å². The molecule has 1 saturated carbocycles. The quantitative estimate of drug-likeness (QED) is 0.762. The highest BCUT2D eigenvalue weighted by Crippen LogP contribution is 2.23. The first kappa shape index (κ1) is 14.9. The summed E-state index contributed by atoms with van der Waals surface area (Å²) in [6.07, 6.45) is 10.1. The van der Waals surface area contributed by atoms with Gasteiger partial charge >= 0.3 is 0 Å². The second-order valence-electron chi connectivity index (χ2n) is 6.49. The molecule has 1 fully saturated rings. The summed E-state index contributed by atoms with van der Waals surface area (Å²) in [6.45, 7) is 5.65. The zero-order chi connectivity index (χ0) is 13.5. The molecule has 1 atom stereocenters. The largest absolute Gasteiger partial charge is 0.384 e. The van der Waals surface area contributed by atoms with Crippen LogP contribution in [0.15, 0.2) is 18.3 Å². The molecule has 1 aliphatic rings. The molecule has 0 bridgehead atoms. The summed E-state index contributed by atoms with van der Waals surface area (Å²) in [7, 11) is -0.951. The Morgan fingerprint density at radius 1 is 1.32 bits per heavy atom. The van der Waals surface area contributed by atoms with Gasteiger partial charge in [-0.2, -0.15) is 0 Å². The van der Waals surface area contributed by atoms with Crippen molar-refractivity contribution in [2.75, 3.05) is 12.8 Å². The second kappa shape index (κ2) is 7.90. The molecule has 2 nitrogen and oxygen atoms in total. The maximum absolute atomic E-state index is 6.10. The average Bonchev–Trinajstić information content (AvgIpc) is 2.92. The van der Waals surface area contributed by atoms with Gasteiger partial charge < -0.3 is 9.72 Å². The van der Waals surface area contributed by atoms with E-state index in [0.717, 1.165) is 24.7 Å². The van der Waals surface area contributed by atoms with Gasteiger partial charge in [0, 0.05) is 19.0 Å². The Bertz CT molecular complexity index is 331. The van der Waals surface area contributed by atoms with Gasteiger partial charge in [0.2, 0.25) is 0 Å². The predicted molar refractivity (Wildman–Crippen MR) is 84.6 cm³/mol. The minimum atomic E-state index is -0.951. The maximum atomic E-state index is 6.10. The van der Waals surface area contributed by atoms with E-state index in [-0.39, 0.29) is 0 Å². The van der Waals surface area contributed by atoms with E-state index < -0.39 is 8.80 Å². The van der Waals surface area contributed by atoms with Crippen molar-refractivity contribution in [1.82, 2.24) is 4.98 Å². The topological polar surface area (TPSA) is 25.0 Å². The molecule has 1 heterocycles. The third-order valence-electron chi connectivity index (χ3n) is 4.22. The first-order valence-electron chi connectivity index (χ1n) is 7.96. The zero-order valence-electron chi connectivity index (χ0n) is 12.5. The van der Waals surface area contributed by atoms with Gasteiger partial charge in [-0.05, 0) is 42.1 Å². The van der Waals surface area contributed by atoms with Crippen LogP contribution in [0, 0.1) is 11.8 Å². The number of nitrogens with one attached hydrogen (secondary N) is 1. The maximum Gasteiger partial charge on any atom is 0.121 e. The normalized spacial score (nSPS) is 18.9. The van der Waals surface area contributed by atoms with Gasteiger partial charge in [-0.3, -0.25) is 0 Å². The molecule has 0 amide bonds. The van der Waals surface area contributed by atoms with Gasteiger partial charge in [0.25, 0.3) is 0 Å². The van der Waals surface area contributed by atoms with E-state index >= 15 is 0 Å². The Hall–Kier alpha value is -0.543. The molecule has 1 unspecified atom stereocenters. The van der Waals surface area contributed by atoms with E-state index in [0.29, 0.717) is 0 Å². The van der Waals surface area contributed by atoms with Crippen LogP contribution in [0.3, 0.4) is 0 Å². The van der Waals surface area contributed by atoms with Crippen LogP contribution in [0.25, 0.3) is 0 Å². The fourth-order valence-electron chi connectivity index (χ4n) is 3.18. The Balaban J connectivity index is 1.76. The minimum Gasteiger partial charge on any atom is -0.384 e. The molecule has 1 N–H and O–H groups in total. The number of aromatic amines is 1. The van der Waals surface area contributed by atoms with Crippen molar-refractivity contribution in [2.45, 2.75) is 52.0 Å². The third-order valence-corrected chi connectivity index (χ3v) is 7.60. The SMILES string of the molecule is CC(C)C[SiH](COCC1CCCCC1)c1ccc[nH]1. The second-order valence-corrected chi connectivity index (χ2v) is 9.31. The Kier molecular flexibility index (Phi) is 6.18. The van der Waals surface area contributed by atoms with Crippen molar-refractivity contribution in [3.05, 3.63) is 18.3 Å². The van der Waals surface area contributed by atoms with Crippen molar-refractivity contribution in [3.8, 4) is 0 Å². The summed E-state index contributed by atoms with van der Waals surface area (Å²) in [5, 5.41) is 1.47. The van der Waals surface area contributed by atoms with E-state index in [1.807, 2.05) is 0 Å². The van der Waals surface area contributed by atoms with Crippen molar-refractivity contribution < 1.29 is 4.74 Å². The van der Waals surface area contributed by atoms with Crippen molar-refractivity contribution in [2.24, 2.45) is 11.8 Å². The highest BCUT2D eigenvalue weighted by Gasteiger charge is 2.18. The van der Waals surface area contributed by atoms with E-state index in [9.17, 15) is 0 Å². The lowest BCUT2D eigenvalue weighted by atomic mass is 9.90. The van der Waals surface area contributed by atoms with Gasteiger partial charge in [0.1, 0.15) is 8.80 Å². The molecule has 1 aliphatic carbocycles. The Morgan fingerprint density at radius 2 is 2.11 bits per heavy atom. The van der Waals surface area contributed by atoms with Crippen molar-refractivity contribution >= 4 is 14.1 Å². The number of rotatable bonds is 7. The molecule has 0 spiro atoms. The first-order chi connectivity index (χ1) is 9.25. The van der Waals surface area contributed by atoms with Crippen LogP contribution < -0.4 is 5.32 Å². The fraction of sp³-hybridized carbons (Fsp3) is 0.750. The van der Waals surface area contributed by atoms with E-state index in [1.165, 1.54) is 43.5 Å². The van der Waals surface area contributed by atoms with Crippen LogP contribution in [0.4, 0.5) is 0 Å². The summed E-state index contributed by atoms with van der Waals surface area (Å²) < 4.78 is 6.10.